The molecule has 5 atom stereocenters. The van der Waals surface area contributed by atoms with E-state index in [0.29, 0.717) is 0 Å². The summed E-state index contributed by atoms with van der Waals surface area (Å²) in [5.74, 6) is -10.4. The minimum Gasteiger partial charge on any atom is -0.504 e. The highest BCUT2D eigenvalue weighted by atomic mass is 16.7. The number of benzene rings is 3. The first kappa shape index (κ1) is 28.5. The molecule has 2 aliphatic rings. The Morgan fingerprint density at radius 3 is 1.70 bits per heavy atom. The van der Waals surface area contributed by atoms with Crippen LogP contribution in [-0.2, 0) is 18.9 Å². The zero-order chi connectivity index (χ0) is 31.8. The smallest absolute Gasteiger partial charge is 0.340 e. The molecule has 230 valence electrons. The van der Waals surface area contributed by atoms with Gasteiger partial charge < -0.3 is 69.3 Å². The van der Waals surface area contributed by atoms with Gasteiger partial charge in [-0.1, -0.05) is 0 Å². The third-order valence-electron chi connectivity index (χ3n) is 7.18. The lowest BCUT2D eigenvalue weighted by molar-refractivity contribution is -0.283. The molecule has 2 aliphatic heterocycles. The Balaban J connectivity index is 1.50. The fourth-order valence-electron chi connectivity index (χ4n) is 5.07. The van der Waals surface area contributed by atoms with Crippen molar-refractivity contribution < 1.29 is 83.7 Å². The summed E-state index contributed by atoms with van der Waals surface area (Å²) in [7, 11) is 0. The van der Waals surface area contributed by atoms with Gasteiger partial charge in [-0.3, -0.25) is 0 Å². The SMILES string of the molecule is O=C(O[C@@H]1O[C@H](CO)[C@H]2OC(=O)c3cc(O)c(O)c4oc5c(O)c(O)cc(c5c34)C(=O)O[C@@H]1[C@H]2O)c1cc(O)c(O)c(O)c1. The molecule has 17 heteroatoms. The number of aliphatic hydroxyl groups excluding tert-OH is 2. The number of ether oxygens (including phenoxy) is 4. The second kappa shape index (κ2) is 9.97. The molecule has 0 spiro atoms. The van der Waals surface area contributed by atoms with E-state index in [0.717, 1.165) is 24.3 Å². The number of phenols is 7. The number of hydrogen-bond donors (Lipinski definition) is 9. The van der Waals surface area contributed by atoms with Crippen LogP contribution in [0, 0.1) is 0 Å². The maximum Gasteiger partial charge on any atom is 0.340 e. The van der Waals surface area contributed by atoms with Crippen molar-refractivity contribution in [1.29, 1.82) is 0 Å². The third-order valence-corrected chi connectivity index (χ3v) is 7.18. The molecule has 2 bridgehead atoms. The number of rotatable bonds is 3. The van der Waals surface area contributed by atoms with Crippen molar-refractivity contribution in [1.82, 2.24) is 0 Å². The molecule has 0 aliphatic carbocycles. The summed E-state index contributed by atoms with van der Waals surface area (Å²) in [6, 6.07) is 2.91. The number of carbonyl (C=O) groups excluding carboxylic acids is 3. The first-order chi connectivity index (χ1) is 20.8. The maximum absolute atomic E-state index is 13.6. The van der Waals surface area contributed by atoms with E-state index in [1.807, 2.05) is 0 Å². The van der Waals surface area contributed by atoms with E-state index in [2.05, 4.69) is 0 Å². The maximum atomic E-state index is 13.6. The van der Waals surface area contributed by atoms with Crippen molar-refractivity contribution >= 4 is 39.8 Å². The fraction of sp³-hybridized carbons (Fsp3) is 0.222. The number of aliphatic hydroxyl groups is 2. The van der Waals surface area contributed by atoms with Crippen molar-refractivity contribution in [2.45, 2.75) is 30.7 Å². The molecular formula is C27H20O17. The van der Waals surface area contributed by atoms with Gasteiger partial charge in [0.05, 0.1) is 23.3 Å². The summed E-state index contributed by atoms with van der Waals surface area (Å²) < 4.78 is 27.0. The van der Waals surface area contributed by atoms with Crippen LogP contribution >= 0.6 is 0 Å². The predicted octanol–water partition coefficient (Wildman–Crippen LogP) is 0.525. The largest absolute Gasteiger partial charge is 0.504 e. The highest BCUT2D eigenvalue weighted by Crippen LogP contribution is 2.48. The predicted molar refractivity (Wildman–Crippen MR) is 137 cm³/mol. The lowest BCUT2D eigenvalue weighted by Crippen LogP contribution is -2.61. The van der Waals surface area contributed by atoms with Crippen LogP contribution in [0.25, 0.3) is 21.9 Å². The van der Waals surface area contributed by atoms with Crippen LogP contribution < -0.4 is 0 Å². The summed E-state index contributed by atoms with van der Waals surface area (Å²) in [5.41, 5.74) is -2.90. The molecule has 1 fully saturated rings. The van der Waals surface area contributed by atoms with Crippen LogP contribution in [0.1, 0.15) is 31.1 Å². The van der Waals surface area contributed by atoms with Crippen molar-refractivity contribution in [2.75, 3.05) is 6.61 Å². The Bertz CT molecular complexity index is 1870. The standard InChI is InChI=1S/C27H20O17/c28-5-13-20-19(36)23(27(40-13)44-24(37)6-1-9(29)16(33)10(30)2-6)43-26(39)8-4-12(32)18(35)22-15(8)14-7(25(38)42-20)3-11(31)17(34)21(14)41-22/h1-4,13,19-20,23,27-36H,5H2/t13-,19+,20-,23-,27+/m1/s1. The average molecular weight is 616 g/mol. The van der Waals surface area contributed by atoms with Gasteiger partial charge in [0, 0.05) is 10.8 Å². The molecule has 44 heavy (non-hydrogen) atoms. The molecule has 1 saturated heterocycles. The lowest BCUT2D eigenvalue weighted by Gasteiger charge is -2.42. The van der Waals surface area contributed by atoms with E-state index >= 15 is 0 Å². The summed E-state index contributed by atoms with van der Waals surface area (Å²) >= 11 is 0. The summed E-state index contributed by atoms with van der Waals surface area (Å²) in [6.45, 7) is -0.960. The molecular weight excluding hydrogens is 596 g/mol. The van der Waals surface area contributed by atoms with Gasteiger partial charge in [-0.15, -0.1) is 0 Å². The molecule has 0 amide bonds. The molecule has 6 rings (SSSR count). The van der Waals surface area contributed by atoms with Crippen molar-refractivity contribution in [3.63, 3.8) is 0 Å². The molecule has 0 unspecified atom stereocenters. The highest BCUT2D eigenvalue weighted by molar-refractivity contribution is 6.23. The Kier molecular flexibility index (Phi) is 6.45. The summed E-state index contributed by atoms with van der Waals surface area (Å²) in [6.07, 6.45) is -9.60. The zero-order valence-corrected chi connectivity index (χ0v) is 21.7. The van der Waals surface area contributed by atoms with Crippen LogP contribution in [0.2, 0.25) is 0 Å². The van der Waals surface area contributed by atoms with Crippen molar-refractivity contribution in [3.05, 3.63) is 41.0 Å². The summed E-state index contributed by atoms with van der Waals surface area (Å²) in [4.78, 5) is 39.9. The van der Waals surface area contributed by atoms with Crippen LogP contribution in [0.3, 0.4) is 0 Å². The quantitative estimate of drug-likeness (QED) is 0.0861. The van der Waals surface area contributed by atoms with E-state index in [1.54, 1.807) is 0 Å². The Hall–Kier alpha value is -5.65. The van der Waals surface area contributed by atoms with Crippen LogP contribution in [0.4, 0.5) is 0 Å². The molecule has 3 heterocycles. The number of phenolic OH excluding ortho intramolecular Hbond substituents is 7. The number of furan rings is 1. The molecule has 4 aromatic rings. The number of carbonyl (C=O) groups is 3. The van der Waals surface area contributed by atoms with E-state index in [9.17, 15) is 60.3 Å². The number of esters is 3. The van der Waals surface area contributed by atoms with Gasteiger partial charge in [0.1, 0.15) is 12.2 Å². The van der Waals surface area contributed by atoms with Gasteiger partial charge in [0.2, 0.25) is 17.8 Å². The Morgan fingerprint density at radius 1 is 0.727 bits per heavy atom. The van der Waals surface area contributed by atoms with Crippen LogP contribution in [0.5, 0.6) is 40.2 Å². The number of aromatic hydroxyl groups is 7. The minimum atomic E-state index is -2.08. The molecule has 3 aromatic carbocycles. The van der Waals surface area contributed by atoms with Gasteiger partial charge in [0.25, 0.3) is 0 Å². The van der Waals surface area contributed by atoms with E-state index in [4.69, 9.17) is 23.4 Å². The van der Waals surface area contributed by atoms with Gasteiger partial charge in [0.15, 0.2) is 52.1 Å². The monoisotopic (exact) mass is 616 g/mol. The summed E-state index contributed by atoms with van der Waals surface area (Å²) in [5, 5.41) is 91.0. The molecule has 17 nitrogen and oxygen atoms in total. The first-order valence-electron chi connectivity index (χ1n) is 12.5. The van der Waals surface area contributed by atoms with Gasteiger partial charge in [-0.25, -0.2) is 14.4 Å². The van der Waals surface area contributed by atoms with Crippen LogP contribution in [-0.4, -0.2) is 101 Å². The molecule has 0 saturated carbocycles. The molecule has 9 N–H and O–H groups in total. The van der Waals surface area contributed by atoms with Crippen molar-refractivity contribution in [2.24, 2.45) is 0 Å². The van der Waals surface area contributed by atoms with Gasteiger partial charge >= 0.3 is 17.9 Å². The third kappa shape index (κ3) is 4.17. The lowest BCUT2D eigenvalue weighted by atomic mass is 9.98. The van der Waals surface area contributed by atoms with E-state index in [1.165, 1.54) is 0 Å². The second-order valence-corrected chi connectivity index (χ2v) is 9.82. The molecule has 1 aromatic heterocycles. The highest BCUT2D eigenvalue weighted by Gasteiger charge is 2.52. The zero-order valence-electron chi connectivity index (χ0n) is 21.7. The Labute approximate surface area is 242 Å². The second-order valence-electron chi connectivity index (χ2n) is 9.82. The van der Waals surface area contributed by atoms with E-state index < -0.39 is 129 Å². The molecule has 0 radical (unpaired) electrons. The normalized spacial score (nSPS) is 23.3. The topological polar surface area (TPSA) is 283 Å². The van der Waals surface area contributed by atoms with E-state index in [-0.39, 0.29) is 5.39 Å². The minimum absolute atomic E-state index is 0.370. The van der Waals surface area contributed by atoms with Crippen molar-refractivity contribution in [3.8, 4) is 40.2 Å². The average Bonchev–Trinajstić information content (AvgIpc) is 3.38. The van der Waals surface area contributed by atoms with Crippen LogP contribution in [0.15, 0.2) is 28.7 Å². The fourth-order valence-corrected chi connectivity index (χ4v) is 5.07. The van der Waals surface area contributed by atoms with Gasteiger partial charge in [-0.2, -0.15) is 0 Å². The first-order valence-corrected chi connectivity index (χ1v) is 12.5. The number of fused-ring (bicyclic) bond motifs is 2. The van der Waals surface area contributed by atoms with Gasteiger partial charge in [-0.05, 0) is 24.3 Å². The Morgan fingerprint density at radius 2 is 1.20 bits per heavy atom. The number of hydrogen-bond acceptors (Lipinski definition) is 17.